The Morgan fingerprint density at radius 3 is 2.24 bits per heavy atom. The Labute approximate surface area is 98.8 Å². The highest BCUT2D eigenvalue weighted by atomic mass is 32.2. The third-order valence-corrected chi connectivity index (χ3v) is 3.06. The van der Waals surface area contributed by atoms with Gasteiger partial charge < -0.3 is 21.1 Å². The molecular formula is C7H17N3O6S. The molecule has 0 aromatic carbocycles. The van der Waals surface area contributed by atoms with Crippen LogP contribution >= 0.6 is 0 Å². The van der Waals surface area contributed by atoms with Gasteiger partial charge in [0.25, 0.3) is 10.2 Å². The second-order valence-corrected chi connectivity index (χ2v) is 4.84. The predicted molar refractivity (Wildman–Crippen MR) is 58.2 cm³/mol. The maximum Gasteiger partial charge on any atom is 0.320 e. The van der Waals surface area contributed by atoms with E-state index in [4.69, 9.17) is 21.1 Å². The van der Waals surface area contributed by atoms with Crippen LogP contribution in [-0.4, -0.2) is 61.5 Å². The van der Waals surface area contributed by atoms with Crippen molar-refractivity contribution < 1.29 is 28.5 Å². The molecule has 0 rings (SSSR count). The van der Waals surface area contributed by atoms with Gasteiger partial charge >= 0.3 is 5.97 Å². The molecule has 7 N–H and O–H groups in total. The van der Waals surface area contributed by atoms with Crippen molar-refractivity contribution in [3.05, 3.63) is 0 Å². The summed E-state index contributed by atoms with van der Waals surface area (Å²) >= 11 is 0. The Morgan fingerprint density at radius 1 is 1.29 bits per heavy atom. The molecular weight excluding hydrogens is 254 g/mol. The van der Waals surface area contributed by atoms with Crippen LogP contribution in [0.15, 0.2) is 0 Å². The van der Waals surface area contributed by atoms with E-state index >= 15 is 0 Å². The molecule has 9 nitrogen and oxygen atoms in total. The molecule has 0 amide bonds. The molecule has 0 heterocycles. The zero-order valence-electron chi connectivity index (χ0n) is 9.04. The fourth-order valence-electron chi connectivity index (χ4n) is 0.866. The van der Waals surface area contributed by atoms with Crippen molar-refractivity contribution in [3.63, 3.8) is 0 Å². The second kappa shape index (κ2) is 7.53. The predicted octanol–water partition coefficient (Wildman–Crippen LogP) is -3.43. The number of carboxylic acid groups (broad SMARTS) is 1. The summed E-state index contributed by atoms with van der Waals surface area (Å²) in [6.07, 6.45) is -0.0703. The summed E-state index contributed by atoms with van der Waals surface area (Å²) in [5.41, 5.74) is 5.16. The van der Waals surface area contributed by atoms with Crippen LogP contribution in [0.25, 0.3) is 0 Å². The van der Waals surface area contributed by atoms with Gasteiger partial charge in [-0.1, -0.05) is 0 Å². The van der Waals surface area contributed by atoms with E-state index in [0.717, 1.165) is 0 Å². The van der Waals surface area contributed by atoms with Crippen LogP contribution in [0.1, 0.15) is 6.42 Å². The van der Waals surface area contributed by atoms with E-state index in [2.05, 4.69) is 0 Å². The average molecular weight is 271 g/mol. The SMILES string of the molecule is NC(CCNS(=O)(=O)NC(CO)CO)C(=O)O. The molecule has 17 heavy (non-hydrogen) atoms. The van der Waals surface area contributed by atoms with E-state index in [1.165, 1.54) is 0 Å². The quantitative estimate of drug-likeness (QED) is 0.254. The van der Waals surface area contributed by atoms with Crippen molar-refractivity contribution in [1.29, 1.82) is 0 Å². The highest BCUT2D eigenvalue weighted by molar-refractivity contribution is 7.87. The number of aliphatic hydroxyl groups is 2. The first-order valence-electron chi connectivity index (χ1n) is 4.79. The van der Waals surface area contributed by atoms with E-state index in [-0.39, 0.29) is 13.0 Å². The molecule has 1 unspecified atom stereocenters. The number of aliphatic carboxylic acids is 1. The minimum atomic E-state index is -3.89. The molecule has 0 aliphatic carbocycles. The first-order valence-corrected chi connectivity index (χ1v) is 6.27. The fourth-order valence-corrected chi connectivity index (χ4v) is 1.92. The van der Waals surface area contributed by atoms with Crippen molar-refractivity contribution >= 4 is 16.2 Å². The van der Waals surface area contributed by atoms with Crippen LogP contribution in [0.4, 0.5) is 0 Å². The standard InChI is InChI=1S/C7H17N3O6S/c8-6(7(13)14)1-2-9-17(15,16)10-5(3-11)4-12/h5-6,9-12H,1-4,8H2,(H,13,14). The Hall–Kier alpha value is -0.780. The number of hydrogen-bond acceptors (Lipinski definition) is 6. The van der Waals surface area contributed by atoms with Gasteiger partial charge in [0.1, 0.15) is 6.04 Å². The van der Waals surface area contributed by atoms with Crippen LogP contribution in [0.3, 0.4) is 0 Å². The lowest BCUT2D eigenvalue weighted by Crippen LogP contribution is -2.47. The summed E-state index contributed by atoms with van der Waals surface area (Å²) in [5, 5.41) is 25.8. The molecule has 0 saturated heterocycles. The van der Waals surface area contributed by atoms with Crippen molar-refractivity contribution in [1.82, 2.24) is 9.44 Å². The summed E-state index contributed by atoms with van der Waals surface area (Å²) in [7, 11) is -3.89. The largest absolute Gasteiger partial charge is 0.480 e. The monoisotopic (exact) mass is 271 g/mol. The lowest BCUT2D eigenvalue weighted by molar-refractivity contribution is -0.138. The summed E-state index contributed by atoms with van der Waals surface area (Å²) < 4.78 is 26.6. The van der Waals surface area contributed by atoms with E-state index in [1.54, 1.807) is 0 Å². The van der Waals surface area contributed by atoms with Crippen LogP contribution in [-0.2, 0) is 15.0 Å². The maximum absolute atomic E-state index is 11.3. The highest BCUT2D eigenvalue weighted by Gasteiger charge is 2.17. The van der Waals surface area contributed by atoms with Crippen molar-refractivity contribution in [2.45, 2.75) is 18.5 Å². The molecule has 0 aromatic rings. The molecule has 0 aliphatic rings. The van der Waals surface area contributed by atoms with E-state index in [1.807, 2.05) is 9.44 Å². The fraction of sp³-hybridized carbons (Fsp3) is 0.857. The Balaban J connectivity index is 4.06. The molecule has 0 fully saturated rings. The molecule has 1 atom stereocenters. The van der Waals surface area contributed by atoms with Gasteiger partial charge in [0.15, 0.2) is 0 Å². The van der Waals surface area contributed by atoms with Crippen molar-refractivity contribution in [2.24, 2.45) is 5.73 Å². The zero-order valence-corrected chi connectivity index (χ0v) is 9.85. The molecule has 102 valence electrons. The minimum absolute atomic E-state index is 0.0703. The maximum atomic E-state index is 11.3. The van der Waals surface area contributed by atoms with Gasteiger partial charge in [-0.05, 0) is 6.42 Å². The molecule has 0 saturated carbocycles. The smallest absolute Gasteiger partial charge is 0.320 e. The Bertz CT molecular complexity index is 329. The molecule has 0 radical (unpaired) electrons. The normalized spacial score (nSPS) is 13.9. The van der Waals surface area contributed by atoms with Gasteiger partial charge in [-0.2, -0.15) is 13.1 Å². The summed E-state index contributed by atoms with van der Waals surface area (Å²) in [4.78, 5) is 10.3. The number of nitrogens with one attached hydrogen (secondary N) is 2. The van der Waals surface area contributed by atoms with Gasteiger partial charge in [-0.25, -0.2) is 4.72 Å². The molecule has 0 aromatic heterocycles. The average Bonchev–Trinajstić information content (AvgIpc) is 2.25. The highest BCUT2D eigenvalue weighted by Crippen LogP contribution is 1.89. The van der Waals surface area contributed by atoms with Gasteiger partial charge in [0, 0.05) is 6.54 Å². The molecule has 0 spiro atoms. The number of carbonyl (C=O) groups is 1. The van der Waals surface area contributed by atoms with Gasteiger partial charge in [0.2, 0.25) is 0 Å². The lowest BCUT2D eigenvalue weighted by Gasteiger charge is -2.14. The number of nitrogens with two attached hydrogens (primary N) is 1. The number of hydrogen-bond donors (Lipinski definition) is 6. The third-order valence-electron chi connectivity index (χ3n) is 1.83. The summed E-state index contributed by atoms with van der Waals surface area (Å²) in [6.45, 7) is -1.26. The van der Waals surface area contributed by atoms with Gasteiger partial charge in [-0.3, -0.25) is 4.79 Å². The molecule has 10 heteroatoms. The first-order chi connectivity index (χ1) is 7.82. The number of rotatable bonds is 9. The summed E-state index contributed by atoms with van der Waals surface area (Å²) in [6, 6.07) is -2.15. The summed E-state index contributed by atoms with van der Waals surface area (Å²) in [5.74, 6) is -1.22. The van der Waals surface area contributed by atoms with Crippen LogP contribution in [0, 0.1) is 0 Å². The van der Waals surface area contributed by atoms with Crippen LogP contribution in [0.2, 0.25) is 0 Å². The van der Waals surface area contributed by atoms with E-state index < -0.39 is 41.5 Å². The molecule has 0 aliphatic heterocycles. The van der Waals surface area contributed by atoms with Crippen LogP contribution in [0.5, 0.6) is 0 Å². The first kappa shape index (κ1) is 16.2. The van der Waals surface area contributed by atoms with Crippen molar-refractivity contribution in [2.75, 3.05) is 19.8 Å². The van der Waals surface area contributed by atoms with Gasteiger partial charge in [0.05, 0.1) is 19.3 Å². The number of aliphatic hydroxyl groups excluding tert-OH is 2. The Morgan fingerprint density at radius 2 is 1.82 bits per heavy atom. The Kier molecular flexibility index (Phi) is 7.18. The van der Waals surface area contributed by atoms with E-state index in [9.17, 15) is 13.2 Å². The second-order valence-electron chi connectivity index (χ2n) is 3.31. The van der Waals surface area contributed by atoms with Gasteiger partial charge in [-0.15, -0.1) is 0 Å². The lowest BCUT2D eigenvalue weighted by atomic mass is 10.2. The van der Waals surface area contributed by atoms with E-state index in [0.29, 0.717) is 0 Å². The topological polar surface area (TPSA) is 162 Å². The zero-order chi connectivity index (χ0) is 13.5. The number of carboxylic acids is 1. The van der Waals surface area contributed by atoms with Crippen molar-refractivity contribution in [3.8, 4) is 0 Å². The third kappa shape index (κ3) is 7.20. The molecule has 0 bridgehead atoms. The minimum Gasteiger partial charge on any atom is -0.480 e. The van der Waals surface area contributed by atoms with Crippen LogP contribution < -0.4 is 15.2 Å².